The molecular formula is C24H32N6OS2. The molecule has 1 fully saturated rings. The minimum absolute atomic E-state index is 0.0531. The monoisotopic (exact) mass is 484 g/mol. The standard InChI is InChI=1S/C24H32N6OS2/c1-4-32-20-11-7-6-10-18(20)23(31)25-12-15-30-22-19(16-26-30)21(29-13-8-5-9-14-29)27-24(28-22)33-17(2)3/h6-7,10-11,16-17H,4-5,8-9,12-15H2,1-3H3,(H,25,31). The third-order valence-corrected chi connectivity index (χ3v) is 7.31. The smallest absolute Gasteiger partial charge is 0.252 e. The molecule has 33 heavy (non-hydrogen) atoms. The summed E-state index contributed by atoms with van der Waals surface area (Å²) in [7, 11) is 0. The first-order valence-corrected chi connectivity index (χ1v) is 13.6. The molecule has 3 heterocycles. The van der Waals surface area contributed by atoms with Crippen molar-refractivity contribution < 1.29 is 4.79 Å². The number of carbonyl (C=O) groups is 1. The molecule has 1 aromatic carbocycles. The number of nitrogens with zero attached hydrogens (tertiary/aromatic N) is 5. The maximum atomic E-state index is 12.8. The van der Waals surface area contributed by atoms with Crippen molar-refractivity contribution in [2.24, 2.45) is 0 Å². The Labute approximate surface area is 204 Å². The lowest BCUT2D eigenvalue weighted by Crippen LogP contribution is -2.30. The van der Waals surface area contributed by atoms with Gasteiger partial charge in [0.25, 0.3) is 5.91 Å². The number of amides is 1. The number of anilines is 1. The van der Waals surface area contributed by atoms with Gasteiger partial charge in [0.05, 0.1) is 23.7 Å². The molecule has 3 aromatic rings. The lowest BCUT2D eigenvalue weighted by molar-refractivity contribution is 0.0949. The van der Waals surface area contributed by atoms with E-state index in [0.29, 0.717) is 18.3 Å². The molecule has 0 aliphatic carbocycles. The third kappa shape index (κ3) is 5.81. The van der Waals surface area contributed by atoms with Crippen LogP contribution in [0.1, 0.15) is 50.4 Å². The minimum atomic E-state index is -0.0531. The van der Waals surface area contributed by atoms with Gasteiger partial charge in [0, 0.05) is 29.8 Å². The summed E-state index contributed by atoms with van der Waals surface area (Å²) >= 11 is 3.36. The summed E-state index contributed by atoms with van der Waals surface area (Å²) in [5.41, 5.74) is 1.56. The molecule has 7 nitrogen and oxygen atoms in total. The Bertz CT molecular complexity index is 1090. The van der Waals surface area contributed by atoms with E-state index in [4.69, 9.17) is 9.97 Å². The minimum Gasteiger partial charge on any atom is -0.356 e. The van der Waals surface area contributed by atoms with E-state index in [1.54, 1.807) is 23.5 Å². The molecule has 176 valence electrons. The van der Waals surface area contributed by atoms with Crippen LogP contribution in [0.25, 0.3) is 11.0 Å². The van der Waals surface area contributed by atoms with Gasteiger partial charge in [-0.15, -0.1) is 11.8 Å². The van der Waals surface area contributed by atoms with E-state index >= 15 is 0 Å². The topological polar surface area (TPSA) is 75.9 Å². The van der Waals surface area contributed by atoms with Crippen LogP contribution in [0.3, 0.4) is 0 Å². The van der Waals surface area contributed by atoms with E-state index in [2.05, 4.69) is 36.1 Å². The van der Waals surface area contributed by atoms with Gasteiger partial charge in [0.2, 0.25) is 0 Å². The van der Waals surface area contributed by atoms with E-state index in [1.807, 2.05) is 35.1 Å². The van der Waals surface area contributed by atoms with Crippen LogP contribution in [0.15, 0.2) is 40.5 Å². The summed E-state index contributed by atoms with van der Waals surface area (Å²) in [6, 6.07) is 7.75. The summed E-state index contributed by atoms with van der Waals surface area (Å²) in [6.45, 7) is 9.48. The molecule has 1 saturated heterocycles. The van der Waals surface area contributed by atoms with Gasteiger partial charge >= 0.3 is 0 Å². The number of aromatic nitrogens is 4. The largest absolute Gasteiger partial charge is 0.356 e. The van der Waals surface area contributed by atoms with Gasteiger partial charge in [-0.2, -0.15) is 5.10 Å². The highest BCUT2D eigenvalue weighted by molar-refractivity contribution is 7.99. The van der Waals surface area contributed by atoms with Crippen LogP contribution in [-0.4, -0.2) is 56.3 Å². The molecule has 0 spiro atoms. The number of thioether (sulfide) groups is 2. The predicted molar refractivity (Wildman–Crippen MR) is 138 cm³/mol. The first kappa shape index (κ1) is 23.9. The van der Waals surface area contributed by atoms with E-state index in [1.165, 1.54) is 19.3 Å². The van der Waals surface area contributed by atoms with Gasteiger partial charge in [0.1, 0.15) is 5.82 Å². The Kier molecular flexibility index (Phi) is 8.14. The van der Waals surface area contributed by atoms with E-state index in [9.17, 15) is 4.79 Å². The first-order valence-electron chi connectivity index (χ1n) is 11.7. The summed E-state index contributed by atoms with van der Waals surface area (Å²) in [5.74, 6) is 1.87. The summed E-state index contributed by atoms with van der Waals surface area (Å²) in [5, 5.41) is 9.83. The molecule has 0 bridgehead atoms. The Morgan fingerprint density at radius 1 is 1.15 bits per heavy atom. The van der Waals surface area contributed by atoms with Gasteiger partial charge in [-0.1, -0.05) is 44.7 Å². The number of fused-ring (bicyclic) bond motifs is 1. The fraction of sp³-hybridized carbons (Fsp3) is 0.500. The van der Waals surface area contributed by atoms with Gasteiger partial charge in [-0.25, -0.2) is 14.6 Å². The molecule has 1 amide bonds. The van der Waals surface area contributed by atoms with Gasteiger partial charge in [0.15, 0.2) is 10.8 Å². The van der Waals surface area contributed by atoms with E-state index < -0.39 is 0 Å². The van der Waals surface area contributed by atoms with Crippen molar-refractivity contribution in [3.8, 4) is 0 Å². The molecule has 9 heteroatoms. The van der Waals surface area contributed by atoms with E-state index in [-0.39, 0.29) is 5.91 Å². The fourth-order valence-electron chi connectivity index (χ4n) is 4.00. The lowest BCUT2D eigenvalue weighted by Gasteiger charge is -2.28. The Hall–Kier alpha value is -2.26. The summed E-state index contributed by atoms with van der Waals surface area (Å²) in [4.78, 5) is 25.9. The van der Waals surface area contributed by atoms with Crippen molar-refractivity contribution >= 4 is 46.3 Å². The Morgan fingerprint density at radius 3 is 2.70 bits per heavy atom. The van der Waals surface area contributed by atoms with Crippen molar-refractivity contribution in [1.82, 2.24) is 25.1 Å². The predicted octanol–water partition coefficient (Wildman–Crippen LogP) is 4.86. The molecule has 0 radical (unpaired) electrons. The number of rotatable bonds is 9. The molecule has 2 aromatic heterocycles. The van der Waals surface area contributed by atoms with Crippen LogP contribution in [0.5, 0.6) is 0 Å². The van der Waals surface area contributed by atoms with E-state index in [0.717, 1.165) is 51.3 Å². The van der Waals surface area contributed by atoms with Gasteiger partial charge in [-0.05, 0) is 37.1 Å². The second kappa shape index (κ2) is 11.2. The van der Waals surface area contributed by atoms with Crippen LogP contribution in [-0.2, 0) is 6.54 Å². The average molecular weight is 485 g/mol. The third-order valence-electron chi connectivity index (χ3n) is 5.49. The quantitative estimate of drug-likeness (QED) is 0.343. The van der Waals surface area contributed by atoms with Crippen molar-refractivity contribution in [3.63, 3.8) is 0 Å². The maximum absolute atomic E-state index is 12.8. The Morgan fingerprint density at radius 2 is 1.94 bits per heavy atom. The van der Waals surface area contributed by atoms with Crippen molar-refractivity contribution in [2.75, 3.05) is 30.3 Å². The molecule has 1 aliphatic rings. The van der Waals surface area contributed by atoms with Crippen LogP contribution in [0, 0.1) is 0 Å². The normalized spacial score (nSPS) is 14.2. The van der Waals surface area contributed by atoms with Crippen LogP contribution >= 0.6 is 23.5 Å². The average Bonchev–Trinajstić information content (AvgIpc) is 3.22. The summed E-state index contributed by atoms with van der Waals surface area (Å²) < 4.78 is 1.89. The van der Waals surface area contributed by atoms with Gasteiger partial charge < -0.3 is 10.2 Å². The fourth-order valence-corrected chi connectivity index (χ4v) is 5.50. The summed E-state index contributed by atoms with van der Waals surface area (Å²) in [6.07, 6.45) is 5.53. The Balaban J connectivity index is 1.52. The van der Waals surface area contributed by atoms with Crippen LogP contribution < -0.4 is 10.2 Å². The maximum Gasteiger partial charge on any atom is 0.252 e. The highest BCUT2D eigenvalue weighted by Crippen LogP contribution is 2.30. The number of hydrogen-bond acceptors (Lipinski definition) is 7. The van der Waals surface area contributed by atoms with Crippen molar-refractivity contribution in [1.29, 1.82) is 0 Å². The number of piperidine rings is 1. The molecule has 1 aliphatic heterocycles. The van der Waals surface area contributed by atoms with Crippen molar-refractivity contribution in [2.45, 2.75) is 61.9 Å². The molecule has 0 atom stereocenters. The SMILES string of the molecule is CCSc1ccccc1C(=O)NCCn1ncc2c(N3CCCCC3)nc(SC(C)C)nc21. The highest BCUT2D eigenvalue weighted by atomic mass is 32.2. The number of nitrogens with one attached hydrogen (secondary N) is 1. The zero-order valence-corrected chi connectivity index (χ0v) is 21.2. The van der Waals surface area contributed by atoms with Crippen LogP contribution in [0.2, 0.25) is 0 Å². The van der Waals surface area contributed by atoms with Crippen LogP contribution in [0.4, 0.5) is 5.82 Å². The lowest BCUT2D eigenvalue weighted by atomic mass is 10.1. The number of benzene rings is 1. The second-order valence-electron chi connectivity index (χ2n) is 8.33. The molecule has 0 saturated carbocycles. The first-order chi connectivity index (χ1) is 16.1. The van der Waals surface area contributed by atoms with Gasteiger partial charge in [-0.3, -0.25) is 4.79 Å². The second-order valence-corrected chi connectivity index (χ2v) is 11.2. The zero-order valence-electron chi connectivity index (χ0n) is 19.6. The molecule has 0 unspecified atom stereocenters. The number of carbonyl (C=O) groups excluding carboxylic acids is 1. The van der Waals surface area contributed by atoms with Crippen molar-refractivity contribution in [3.05, 3.63) is 36.0 Å². The zero-order chi connectivity index (χ0) is 23.2. The number of hydrogen-bond donors (Lipinski definition) is 1. The molecular weight excluding hydrogens is 452 g/mol. The molecule has 1 N–H and O–H groups in total. The molecule has 4 rings (SSSR count). The highest BCUT2D eigenvalue weighted by Gasteiger charge is 2.20.